The molecule has 2 N–H and O–H groups in total. The van der Waals surface area contributed by atoms with Crippen molar-refractivity contribution in [1.29, 1.82) is 0 Å². The molecule has 0 aliphatic heterocycles. The third-order valence-corrected chi connectivity index (χ3v) is 2.66. The van der Waals surface area contributed by atoms with Gasteiger partial charge in [-0.05, 0) is 0 Å². The molecule has 1 aromatic rings. The van der Waals surface area contributed by atoms with Crippen molar-refractivity contribution in [3.05, 3.63) is 12.1 Å². The van der Waals surface area contributed by atoms with E-state index in [2.05, 4.69) is 93.1 Å². The molecule has 0 unspecified atom stereocenters. The van der Waals surface area contributed by atoms with Crippen LogP contribution in [0.2, 0.25) is 0 Å². The van der Waals surface area contributed by atoms with Gasteiger partial charge in [-0.15, -0.1) is 0 Å². The van der Waals surface area contributed by atoms with Crippen LogP contribution in [0.4, 0.5) is 0 Å². The van der Waals surface area contributed by atoms with E-state index in [1.54, 1.807) is 12.1 Å². The van der Waals surface area contributed by atoms with Gasteiger partial charge in [-0.3, -0.25) is 0 Å². The second kappa shape index (κ2) is 4.27. The molecule has 10 heavy (non-hydrogen) atoms. The van der Waals surface area contributed by atoms with Crippen molar-refractivity contribution in [3.63, 3.8) is 0 Å². The summed E-state index contributed by atoms with van der Waals surface area (Å²) >= 11 is 4.46. The molecule has 0 fully saturated rings. The molecular weight excluding hydrogens is 367 g/mol. The van der Waals surface area contributed by atoms with Gasteiger partial charge in [0.25, 0.3) is 0 Å². The van der Waals surface area contributed by atoms with E-state index in [9.17, 15) is 0 Å². The molecule has 1 aromatic carbocycles. The quantitative estimate of drug-likeness (QED) is 0.602. The van der Waals surface area contributed by atoms with Gasteiger partial charge in [0.15, 0.2) is 0 Å². The summed E-state index contributed by atoms with van der Waals surface area (Å²) in [6, 6.07) is 3.44. The van der Waals surface area contributed by atoms with Gasteiger partial charge in [0, 0.05) is 0 Å². The normalized spacial score (nSPS) is 9.80. The molecule has 0 saturated heterocycles. The van der Waals surface area contributed by atoms with E-state index in [1.807, 2.05) is 0 Å². The molecule has 0 aliphatic carbocycles. The van der Waals surface area contributed by atoms with E-state index in [4.69, 9.17) is 10.2 Å². The van der Waals surface area contributed by atoms with Crippen molar-refractivity contribution in [2.45, 2.75) is 0 Å². The second-order valence-electron chi connectivity index (χ2n) is 1.70. The Kier molecular flexibility index (Phi) is 4.29. The number of hydrogen-bond donors (Lipinski definition) is 2. The van der Waals surface area contributed by atoms with Crippen molar-refractivity contribution >= 4 is 0.0628 Å². The Morgan fingerprint density at radius 3 is 1.50 bits per heavy atom. The van der Waals surface area contributed by atoms with E-state index >= 15 is 0 Å². The maximum atomic E-state index is 9.11. The fraction of sp³-hybridized carbons (Fsp3) is 0. The predicted molar refractivity (Wildman–Crippen MR) is 29.0 cm³/mol. The first-order chi connectivity index (χ1) is 4.63. The van der Waals surface area contributed by atoms with Gasteiger partial charge in [0.05, 0.1) is 0 Å². The van der Waals surface area contributed by atoms with Crippen LogP contribution in [0, 0.1) is 93.1 Å². The molecule has 0 amide bonds. The first-order valence-corrected chi connectivity index (χ1v) is 4.48. The fourth-order valence-corrected chi connectivity index (χ4v) is 1.33. The first kappa shape index (κ1) is 10.0. The summed E-state index contributed by atoms with van der Waals surface area (Å²) in [6.45, 7) is 0. The Morgan fingerprint density at radius 1 is 0.900 bits per heavy atom. The van der Waals surface area contributed by atoms with E-state index in [0.717, 1.165) is 0 Å². The van der Waals surface area contributed by atoms with Gasteiger partial charge in [0.1, 0.15) is 0 Å². The average Bonchev–Trinajstić information content (AvgIpc) is 1.93. The number of hydrogen-bond acceptors (Lipinski definition) is 2. The molecule has 2 nitrogen and oxygen atoms in total. The Balaban J connectivity index is 3.34. The summed E-state index contributed by atoms with van der Waals surface area (Å²) in [5.74, 6) is -0.125. The van der Waals surface area contributed by atoms with Crippen LogP contribution >= 0.6 is 0 Å². The Morgan fingerprint density at radius 2 is 1.20 bits per heavy atom. The van der Waals surface area contributed by atoms with Gasteiger partial charge in [-0.25, -0.2) is 0 Å². The molecule has 56 valence electrons. The number of phenolic OH excluding ortho intramolecular Hbond substituents is 2. The SMILES string of the molecule is Oc1c([Xe])ccc([Xe])c1O. The Hall–Kier alpha value is 1.96. The van der Waals surface area contributed by atoms with Crippen molar-refractivity contribution in [2.75, 3.05) is 0 Å². The molecule has 0 aromatic heterocycles. The third-order valence-electron chi connectivity index (χ3n) is 1.03. The standard InChI is InChI=1S/C6H4O2Xe2/c7-5-3(9)1-2-4(10)6(5)8/h1-2,7-8H. The topological polar surface area (TPSA) is 40.5 Å². The van der Waals surface area contributed by atoms with Crippen LogP contribution < -0.4 is 0.0628 Å². The van der Waals surface area contributed by atoms with Crippen LogP contribution in [0.3, 0.4) is 0 Å². The molecule has 1 rings (SSSR count). The summed E-state index contributed by atoms with van der Waals surface area (Å²) in [7, 11) is 0. The predicted octanol–water partition coefficient (Wildman–Crippen LogP) is -0.553. The van der Waals surface area contributed by atoms with Gasteiger partial charge >= 0.3 is 127 Å². The van der Waals surface area contributed by atoms with Crippen molar-refractivity contribution in [3.8, 4) is 11.5 Å². The Labute approximate surface area is 123 Å². The minimum absolute atomic E-state index is 0.0625. The van der Waals surface area contributed by atoms with Crippen LogP contribution in [-0.4, -0.2) is 10.2 Å². The molecule has 0 spiro atoms. The van der Waals surface area contributed by atoms with Gasteiger partial charge in [-0.2, -0.15) is 0 Å². The summed E-state index contributed by atoms with van der Waals surface area (Å²) in [4.78, 5) is 0. The zero-order valence-electron chi connectivity index (χ0n) is 4.76. The molecule has 4 heteroatoms. The molecule has 0 bridgehead atoms. The molecule has 0 saturated carbocycles. The summed E-state index contributed by atoms with van der Waals surface area (Å²) in [5.41, 5.74) is 0. The van der Waals surface area contributed by atoms with Gasteiger partial charge in [-0.1, -0.05) is 0 Å². The molecule has 2 radical (unpaired) electrons. The molecule has 0 heterocycles. The zero-order valence-corrected chi connectivity index (χ0v) is 8.79. The molecule has 0 atom stereocenters. The van der Waals surface area contributed by atoms with E-state index in [0.29, 0.717) is 0.0628 Å². The van der Waals surface area contributed by atoms with Crippen molar-refractivity contribution in [2.24, 2.45) is 0 Å². The monoisotopic (exact) mass is 372 g/mol. The summed E-state index contributed by atoms with van der Waals surface area (Å²) in [6.07, 6.45) is 0. The molecular formula is C6H4O2Xe2. The number of aromatic hydroxyl groups is 2. The number of phenols is 2. The fourth-order valence-electron chi connectivity index (χ4n) is 0.521. The van der Waals surface area contributed by atoms with Crippen LogP contribution in [0.15, 0.2) is 12.1 Å². The van der Waals surface area contributed by atoms with E-state index < -0.39 is 0 Å². The Bertz CT molecular complexity index is 233. The maximum absolute atomic E-state index is 9.11. The average molecular weight is 371 g/mol. The number of benzene rings is 1. The van der Waals surface area contributed by atoms with Crippen molar-refractivity contribution in [1.82, 2.24) is 0 Å². The van der Waals surface area contributed by atoms with E-state index in [-0.39, 0.29) is 11.5 Å². The third kappa shape index (κ3) is 2.23. The van der Waals surface area contributed by atoms with Crippen LogP contribution in [0.1, 0.15) is 0 Å². The van der Waals surface area contributed by atoms with Crippen molar-refractivity contribution < 1.29 is 103 Å². The zero-order chi connectivity index (χ0) is 7.72. The summed E-state index contributed by atoms with van der Waals surface area (Å²) in [5, 5.41) is 18.2. The van der Waals surface area contributed by atoms with E-state index in [1.165, 1.54) is 0 Å². The van der Waals surface area contributed by atoms with Gasteiger partial charge in [0.2, 0.25) is 0 Å². The van der Waals surface area contributed by atoms with Gasteiger partial charge < -0.3 is 0 Å². The van der Waals surface area contributed by atoms with Crippen LogP contribution in [0.5, 0.6) is 11.5 Å². The van der Waals surface area contributed by atoms with Crippen LogP contribution in [0.25, 0.3) is 0 Å². The second-order valence-corrected chi connectivity index (χ2v) is 3.87. The number of rotatable bonds is 0. The van der Waals surface area contributed by atoms with Crippen LogP contribution in [-0.2, 0) is 0 Å². The minimum atomic E-state index is -0.0625. The summed E-state index contributed by atoms with van der Waals surface area (Å²) < 4.78 is 1.23. The molecule has 0 aliphatic rings. The first-order valence-electron chi connectivity index (χ1n) is 2.46.